The molecule has 9 heteroatoms. The van der Waals surface area contributed by atoms with E-state index in [1.807, 2.05) is 11.4 Å². The second-order valence-electron chi connectivity index (χ2n) is 6.20. The molecule has 1 saturated heterocycles. The summed E-state index contributed by atoms with van der Waals surface area (Å²) >= 11 is 1.44. The fraction of sp³-hybridized carbons (Fsp3) is 0.294. The lowest BCUT2D eigenvalue weighted by Crippen LogP contribution is -2.32. The van der Waals surface area contributed by atoms with Crippen LogP contribution in [-0.4, -0.2) is 44.9 Å². The Kier molecular flexibility index (Phi) is 4.48. The lowest BCUT2D eigenvalue weighted by Gasteiger charge is -2.16. The highest BCUT2D eigenvalue weighted by Crippen LogP contribution is 2.25. The maximum absolute atomic E-state index is 13.3. The van der Waals surface area contributed by atoms with E-state index in [2.05, 4.69) is 20.3 Å². The minimum Gasteiger partial charge on any atom is -0.350 e. The number of likely N-dealkylation sites (tertiary alicyclic amines) is 1. The normalized spacial score (nSPS) is 17.0. The highest BCUT2D eigenvalue weighted by Gasteiger charge is 2.27. The van der Waals surface area contributed by atoms with Crippen molar-refractivity contribution in [3.8, 4) is 0 Å². The average molecular weight is 372 g/mol. The van der Waals surface area contributed by atoms with Crippen LogP contribution >= 0.6 is 11.3 Å². The Morgan fingerprint density at radius 1 is 1.42 bits per heavy atom. The van der Waals surface area contributed by atoms with Crippen LogP contribution < -0.4 is 11.1 Å². The maximum Gasteiger partial charge on any atom is 0.274 e. The molecule has 0 aliphatic carbocycles. The maximum atomic E-state index is 13.3. The monoisotopic (exact) mass is 372 g/mol. The number of amides is 1. The van der Waals surface area contributed by atoms with Gasteiger partial charge in [-0.1, -0.05) is 0 Å². The van der Waals surface area contributed by atoms with E-state index in [1.54, 1.807) is 11.1 Å². The zero-order valence-corrected chi connectivity index (χ0v) is 14.7. The summed E-state index contributed by atoms with van der Waals surface area (Å²) in [5.74, 6) is -0.213. The van der Waals surface area contributed by atoms with E-state index in [-0.39, 0.29) is 11.9 Å². The molecule has 4 rings (SSSR count). The van der Waals surface area contributed by atoms with E-state index in [0.29, 0.717) is 42.4 Å². The predicted molar refractivity (Wildman–Crippen MR) is 97.4 cm³/mol. The molecule has 0 aromatic carbocycles. The number of nitrogens with zero attached hydrogens (tertiary/aromatic N) is 4. The van der Waals surface area contributed by atoms with Gasteiger partial charge < -0.3 is 16.0 Å². The van der Waals surface area contributed by atoms with E-state index >= 15 is 0 Å². The van der Waals surface area contributed by atoms with Crippen LogP contribution in [0.5, 0.6) is 0 Å². The number of nitrogens with two attached hydrogens (primary N) is 1. The fourth-order valence-electron chi connectivity index (χ4n) is 2.94. The van der Waals surface area contributed by atoms with E-state index in [4.69, 9.17) is 5.73 Å². The minimum absolute atomic E-state index is 0.0117. The van der Waals surface area contributed by atoms with Crippen LogP contribution in [0.1, 0.15) is 22.5 Å². The molecule has 3 aromatic heterocycles. The Labute approximate surface area is 153 Å². The number of pyridine rings is 1. The van der Waals surface area contributed by atoms with Gasteiger partial charge in [0.15, 0.2) is 5.69 Å². The summed E-state index contributed by atoms with van der Waals surface area (Å²) in [6.07, 6.45) is 3.51. The molecule has 1 aliphatic heterocycles. The zero-order chi connectivity index (χ0) is 18.1. The largest absolute Gasteiger partial charge is 0.350 e. The molecule has 1 unspecified atom stereocenters. The second kappa shape index (κ2) is 6.93. The van der Waals surface area contributed by atoms with Gasteiger partial charge in [0.2, 0.25) is 5.95 Å². The molecule has 1 fully saturated rings. The van der Waals surface area contributed by atoms with Gasteiger partial charge >= 0.3 is 0 Å². The summed E-state index contributed by atoms with van der Waals surface area (Å²) in [6, 6.07) is 3.25. The smallest absolute Gasteiger partial charge is 0.274 e. The average Bonchev–Trinajstić information content (AvgIpc) is 3.27. The molecule has 0 spiro atoms. The number of carbonyl (C=O) groups is 1. The molecule has 0 radical (unpaired) electrons. The molecule has 3 aromatic rings. The molecule has 0 bridgehead atoms. The quantitative estimate of drug-likeness (QED) is 0.727. The van der Waals surface area contributed by atoms with Crippen molar-refractivity contribution in [2.45, 2.75) is 19.0 Å². The number of nitrogens with one attached hydrogen (secondary N) is 1. The highest BCUT2D eigenvalue weighted by atomic mass is 32.1. The van der Waals surface area contributed by atoms with Gasteiger partial charge in [0, 0.05) is 31.9 Å². The number of halogens is 1. The third kappa shape index (κ3) is 3.35. The Balaban J connectivity index is 1.61. The van der Waals surface area contributed by atoms with Crippen LogP contribution in [0, 0.1) is 5.82 Å². The molecule has 26 heavy (non-hydrogen) atoms. The topological polar surface area (TPSA) is 97.0 Å². The Morgan fingerprint density at radius 3 is 3.08 bits per heavy atom. The third-order valence-corrected chi connectivity index (χ3v) is 5.14. The lowest BCUT2D eigenvalue weighted by atomic mass is 10.3. The number of anilines is 1. The number of hydrogen-bond acceptors (Lipinski definition) is 7. The predicted octanol–water partition coefficient (Wildman–Crippen LogP) is 2.01. The SMILES string of the molecule is NC1CCN(C(=O)c2nc(NCc3cncc(F)c3)nc3ccsc23)C1. The first kappa shape index (κ1) is 16.8. The molecule has 4 heterocycles. The van der Waals surface area contributed by atoms with Crippen molar-refractivity contribution < 1.29 is 9.18 Å². The van der Waals surface area contributed by atoms with Crippen LogP contribution in [0.15, 0.2) is 29.9 Å². The number of rotatable bonds is 4. The standard InChI is InChI=1S/C17H17FN6OS/c18-11-5-10(6-20-8-11)7-21-17-22-13-2-4-26-15(13)14(23-17)16(25)24-3-1-12(19)9-24/h2,4-6,8,12H,1,3,7,9,19H2,(H,21,22,23). The van der Waals surface area contributed by atoms with Crippen LogP contribution in [0.2, 0.25) is 0 Å². The number of carbonyl (C=O) groups excluding carboxylic acids is 1. The summed E-state index contributed by atoms with van der Waals surface area (Å²) in [6.45, 7) is 1.48. The van der Waals surface area contributed by atoms with Gasteiger partial charge in [-0.15, -0.1) is 11.3 Å². The zero-order valence-electron chi connectivity index (χ0n) is 13.9. The van der Waals surface area contributed by atoms with Gasteiger partial charge in [0.05, 0.1) is 16.4 Å². The van der Waals surface area contributed by atoms with Crippen molar-refractivity contribution in [3.05, 3.63) is 47.0 Å². The summed E-state index contributed by atoms with van der Waals surface area (Å²) in [5.41, 5.74) is 7.66. The third-order valence-electron chi connectivity index (χ3n) is 4.23. The van der Waals surface area contributed by atoms with Gasteiger partial charge in [-0.05, 0) is 29.5 Å². The number of aromatic nitrogens is 3. The van der Waals surface area contributed by atoms with Gasteiger partial charge in [-0.2, -0.15) is 0 Å². The fourth-order valence-corrected chi connectivity index (χ4v) is 3.75. The summed E-state index contributed by atoms with van der Waals surface area (Å²) in [5, 5.41) is 4.93. The number of fused-ring (bicyclic) bond motifs is 1. The molecule has 1 atom stereocenters. The molecule has 1 amide bonds. The summed E-state index contributed by atoms with van der Waals surface area (Å²) < 4.78 is 14.0. The van der Waals surface area contributed by atoms with Crippen molar-refractivity contribution >= 4 is 33.4 Å². The summed E-state index contributed by atoms with van der Waals surface area (Å²) in [7, 11) is 0. The van der Waals surface area contributed by atoms with Crippen LogP contribution in [0.25, 0.3) is 10.2 Å². The molecular weight excluding hydrogens is 355 g/mol. The summed E-state index contributed by atoms with van der Waals surface area (Å²) in [4.78, 5) is 27.3. The Bertz CT molecular complexity index is 961. The van der Waals surface area contributed by atoms with Crippen molar-refractivity contribution in [1.82, 2.24) is 19.9 Å². The van der Waals surface area contributed by atoms with Crippen molar-refractivity contribution in [3.63, 3.8) is 0 Å². The Hall–Kier alpha value is -2.65. The van der Waals surface area contributed by atoms with Crippen molar-refractivity contribution in [1.29, 1.82) is 0 Å². The molecule has 134 valence electrons. The van der Waals surface area contributed by atoms with Gasteiger partial charge in [-0.3, -0.25) is 9.78 Å². The van der Waals surface area contributed by atoms with Crippen LogP contribution in [0.3, 0.4) is 0 Å². The van der Waals surface area contributed by atoms with E-state index < -0.39 is 5.82 Å². The van der Waals surface area contributed by atoms with Gasteiger partial charge in [0.1, 0.15) is 5.82 Å². The lowest BCUT2D eigenvalue weighted by molar-refractivity contribution is 0.0787. The number of thiophene rings is 1. The van der Waals surface area contributed by atoms with Crippen LogP contribution in [-0.2, 0) is 6.54 Å². The first-order chi connectivity index (χ1) is 12.6. The first-order valence-electron chi connectivity index (χ1n) is 8.23. The second-order valence-corrected chi connectivity index (χ2v) is 7.11. The first-order valence-corrected chi connectivity index (χ1v) is 9.11. The number of hydrogen-bond donors (Lipinski definition) is 2. The molecule has 3 N–H and O–H groups in total. The van der Waals surface area contributed by atoms with Gasteiger partial charge in [0.25, 0.3) is 5.91 Å². The molecule has 1 aliphatic rings. The van der Waals surface area contributed by atoms with Crippen molar-refractivity contribution in [2.75, 3.05) is 18.4 Å². The van der Waals surface area contributed by atoms with Crippen LogP contribution in [0.4, 0.5) is 10.3 Å². The molecular formula is C17H17FN6OS. The minimum atomic E-state index is -0.403. The highest BCUT2D eigenvalue weighted by molar-refractivity contribution is 7.17. The molecule has 7 nitrogen and oxygen atoms in total. The Morgan fingerprint density at radius 2 is 2.31 bits per heavy atom. The van der Waals surface area contributed by atoms with Gasteiger partial charge in [-0.25, -0.2) is 14.4 Å². The van der Waals surface area contributed by atoms with Crippen molar-refractivity contribution in [2.24, 2.45) is 5.73 Å². The van der Waals surface area contributed by atoms with E-state index in [0.717, 1.165) is 17.3 Å². The van der Waals surface area contributed by atoms with E-state index in [9.17, 15) is 9.18 Å². The molecule has 0 saturated carbocycles. The van der Waals surface area contributed by atoms with E-state index in [1.165, 1.54) is 17.4 Å².